The van der Waals surface area contributed by atoms with E-state index >= 15 is 0 Å². The lowest BCUT2D eigenvalue weighted by Gasteiger charge is -2.08. The number of non-ortho nitro benzene ring substituents is 1. The molecule has 0 aliphatic carbocycles. The molecular weight excluding hydrogens is 256 g/mol. The summed E-state index contributed by atoms with van der Waals surface area (Å²) in [5.41, 5.74) is 0.672. The molecule has 0 spiro atoms. The van der Waals surface area contributed by atoms with Gasteiger partial charge in [-0.15, -0.1) is 0 Å². The van der Waals surface area contributed by atoms with Crippen LogP contribution in [0.4, 0.5) is 11.4 Å². The lowest BCUT2D eigenvalue weighted by Crippen LogP contribution is -2.10. The molecule has 0 heterocycles. The molecule has 1 aromatic carbocycles. The van der Waals surface area contributed by atoms with Gasteiger partial charge in [-0.05, 0) is 12.5 Å². The Labute approximate surface area is 111 Å². The van der Waals surface area contributed by atoms with Crippen molar-refractivity contribution < 1.29 is 9.66 Å². The highest BCUT2D eigenvalue weighted by molar-refractivity contribution is 6.33. The minimum absolute atomic E-state index is 0.00949. The van der Waals surface area contributed by atoms with E-state index < -0.39 is 4.92 Å². The first-order valence-corrected chi connectivity index (χ1v) is 6.28. The number of nitro groups is 1. The zero-order chi connectivity index (χ0) is 13.4. The minimum atomic E-state index is -0.469. The van der Waals surface area contributed by atoms with Crippen molar-refractivity contribution in [1.82, 2.24) is 0 Å². The van der Waals surface area contributed by atoms with E-state index in [0.29, 0.717) is 23.9 Å². The quantitative estimate of drug-likeness (QED) is 0.447. The summed E-state index contributed by atoms with van der Waals surface area (Å²) in [6.45, 7) is 4.08. The third-order valence-electron chi connectivity index (χ3n) is 2.37. The molecule has 0 saturated carbocycles. The van der Waals surface area contributed by atoms with Gasteiger partial charge in [0.1, 0.15) is 0 Å². The Morgan fingerprint density at radius 3 is 2.83 bits per heavy atom. The maximum absolute atomic E-state index is 10.5. The monoisotopic (exact) mass is 272 g/mol. The predicted molar refractivity (Wildman–Crippen MR) is 72.3 cm³/mol. The number of anilines is 1. The molecule has 6 heteroatoms. The number of benzene rings is 1. The second-order valence-corrected chi connectivity index (χ2v) is 4.22. The van der Waals surface area contributed by atoms with Gasteiger partial charge in [0.05, 0.1) is 22.2 Å². The smallest absolute Gasteiger partial charge is 0.271 e. The number of unbranched alkanes of at least 4 members (excludes halogenated alkanes) is 1. The Balaban J connectivity index is 2.36. The van der Waals surface area contributed by atoms with Crippen LogP contribution in [0.5, 0.6) is 0 Å². The summed E-state index contributed by atoms with van der Waals surface area (Å²) < 4.78 is 5.38. The third-order valence-corrected chi connectivity index (χ3v) is 2.68. The Kier molecular flexibility index (Phi) is 6.46. The molecule has 0 amide bonds. The highest BCUT2D eigenvalue weighted by atomic mass is 35.5. The van der Waals surface area contributed by atoms with E-state index in [0.717, 1.165) is 19.4 Å². The fraction of sp³-hybridized carbons (Fsp3) is 0.500. The van der Waals surface area contributed by atoms with E-state index in [1.807, 2.05) is 0 Å². The second-order valence-electron chi connectivity index (χ2n) is 3.81. The standard InChI is InChI=1S/C12H17ClN2O3/c1-2-3-7-18-8-6-14-12-5-4-10(15(16)17)9-11(12)13/h4-5,9,14H,2-3,6-8H2,1H3. The van der Waals surface area contributed by atoms with Crippen molar-refractivity contribution in [2.45, 2.75) is 19.8 Å². The Morgan fingerprint density at radius 2 is 2.22 bits per heavy atom. The summed E-state index contributed by atoms with van der Waals surface area (Å²) >= 11 is 5.93. The molecule has 0 aliphatic rings. The molecule has 0 atom stereocenters. The number of nitrogens with zero attached hydrogens (tertiary/aromatic N) is 1. The molecule has 0 radical (unpaired) electrons. The molecule has 1 aromatic rings. The molecule has 0 bridgehead atoms. The third kappa shape index (κ3) is 4.89. The van der Waals surface area contributed by atoms with Crippen LogP contribution >= 0.6 is 11.6 Å². The largest absolute Gasteiger partial charge is 0.382 e. The number of rotatable bonds is 8. The van der Waals surface area contributed by atoms with E-state index in [1.54, 1.807) is 6.07 Å². The first-order chi connectivity index (χ1) is 8.65. The van der Waals surface area contributed by atoms with Crippen LogP contribution in [0.25, 0.3) is 0 Å². The van der Waals surface area contributed by atoms with Gasteiger partial charge in [0.15, 0.2) is 0 Å². The van der Waals surface area contributed by atoms with Gasteiger partial charge in [-0.25, -0.2) is 0 Å². The number of ether oxygens (including phenoxy) is 1. The first kappa shape index (κ1) is 14.7. The topological polar surface area (TPSA) is 64.4 Å². The lowest BCUT2D eigenvalue weighted by atomic mass is 10.3. The van der Waals surface area contributed by atoms with E-state index in [-0.39, 0.29) is 5.69 Å². The molecule has 1 rings (SSSR count). The van der Waals surface area contributed by atoms with Crippen LogP contribution in [0.1, 0.15) is 19.8 Å². The molecular formula is C12H17ClN2O3. The Morgan fingerprint density at radius 1 is 1.44 bits per heavy atom. The summed E-state index contributed by atoms with van der Waals surface area (Å²) in [5, 5.41) is 14.0. The van der Waals surface area contributed by atoms with Crippen molar-refractivity contribution in [3.8, 4) is 0 Å². The number of hydrogen-bond acceptors (Lipinski definition) is 4. The molecule has 0 fully saturated rings. The van der Waals surface area contributed by atoms with Crippen molar-refractivity contribution in [2.24, 2.45) is 0 Å². The molecule has 1 N–H and O–H groups in total. The number of hydrogen-bond donors (Lipinski definition) is 1. The molecule has 0 unspecified atom stereocenters. The first-order valence-electron chi connectivity index (χ1n) is 5.90. The number of nitro benzene ring substituents is 1. The number of nitrogens with one attached hydrogen (secondary N) is 1. The van der Waals surface area contributed by atoms with E-state index in [2.05, 4.69) is 12.2 Å². The van der Waals surface area contributed by atoms with Crippen LogP contribution in [-0.2, 0) is 4.74 Å². The second kappa shape index (κ2) is 7.89. The van der Waals surface area contributed by atoms with E-state index in [9.17, 15) is 10.1 Å². The van der Waals surface area contributed by atoms with E-state index in [1.165, 1.54) is 12.1 Å². The fourth-order valence-electron chi connectivity index (χ4n) is 1.37. The van der Waals surface area contributed by atoms with Crippen LogP contribution in [-0.4, -0.2) is 24.7 Å². The number of halogens is 1. The van der Waals surface area contributed by atoms with Gasteiger partial charge in [-0.1, -0.05) is 24.9 Å². The van der Waals surface area contributed by atoms with Crippen molar-refractivity contribution in [1.29, 1.82) is 0 Å². The van der Waals surface area contributed by atoms with Gasteiger partial charge < -0.3 is 10.1 Å². The molecule has 0 aliphatic heterocycles. The molecule has 100 valence electrons. The molecule has 5 nitrogen and oxygen atoms in total. The zero-order valence-corrected chi connectivity index (χ0v) is 11.1. The highest BCUT2D eigenvalue weighted by Crippen LogP contribution is 2.26. The fourth-order valence-corrected chi connectivity index (χ4v) is 1.61. The van der Waals surface area contributed by atoms with Gasteiger partial charge in [-0.2, -0.15) is 0 Å². The maximum Gasteiger partial charge on any atom is 0.271 e. The summed E-state index contributed by atoms with van der Waals surface area (Å²) in [7, 11) is 0. The summed E-state index contributed by atoms with van der Waals surface area (Å²) in [6.07, 6.45) is 2.17. The maximum atomic E-state index is 10.5. The van der Waals surface area contributed by atoms with Gasteiger partial charge in [0, 0.05) is 25.3 Å². The Hall–Kier alpha value is -1.33. The van der Waals surface area contributed by atoms with E-state index in [4.69, 9.17) is 16.3 Å². The van der Waals surface area contributed by atoms with Crippen molar-refractivity contribution in [2.75, 3.05) is 25.1 Å². The molecule has 0 aromatic heterocycles. The van der Waals surface area contributed by atoms with Crippen molar-refractivity contribution in [3.05, 3.63) is 33.3 Å². The lowest BCUT2D eigenvalue weighted by molar-refractivity contribution is -0.384. The van der Waals surface area contributed by atoms with Crippen molar-refractivity contribution in [3.63, 3.8) is 0 Å². The van der Waals surface area contributed by atoms with Crippen LogP contribution in [0, 0.1) is 10.1 Å². The Bertz CT molecular complexity index is 399. The summed E-state index contributed by atoms with van der Waals surface area (Å²) in [4.78, 5) is 10.1. The predicted octanol–water partition coefficient (Wildman–Crippen LogP) is 3.48. The van der Waals surface area contributed by atoms with Crippen LogP contribution < -0.4 is 5.32 Å². The SMILES string of the molecule is CCCCOCCNc1ccc([N+](=O)[O-])cc1Cl. The van der Waals surface area contributed by atoms with Gasteiger partial charge in [0.25, 0.3) is 5.69 Å². The normalized spacial score (nSPS) is 10.3. The van der Waals surface area contributed by atoms with Crippen LogP contribution in [0.2, 0.25) is 5.02 Å². The van der Waals surface area contributed by atoms with Crippen molar-refractivity contribution >= 4 is 23.0 Å². The summed E-state index contributed by atoms with van der Waals surface area (Å²) in [6, 6.07) is 4.36. The van der Waals surface area contributed by atoms with Gasteiger partial charge in [-0.3, -0.25) is 10.1 Å². The van der Waals surface area contributed by atoms with Crippen LogP contribution in [0.3, 0.4) is 0 Å². The van der Waals surface area contributed by atoms with Crippen LogP contribution in [0.15, 0.2) is 18.2 Å². The molecule has 18 heavy (non-hydrogen) atoms. The molecule has 0 saturated heterocycles. The highest BCUT2D eigenvalue weighted by Gasteiger charge is 2.08. The minimum Gasteiger partial charge on any atom is -0.382 e. The average molecular weight is 273 g/mol. The van der Waals surface area contributed by atoms with Gasteiger partial charge in [0.2, 0.25) is 0 Å². The zero-order valence-electron chi connectivity index (χ0n) is 10.3. The summed E-state index contributed by atoms with van der Waals surface area (Å²) in [5.74, 6) is 0. The average Bonchev–Trinajstić information content (AvgIpc) is 2.35. The van der Waals surface area contributed by atoms with Gasteiger partial charge >= 0.3 is 0 Å².